The smallest absolute Gasteiger partial charge is 0.399 e. The summed E-state index contributed by atoms with van der Waals surface area (Å²) in [6.07, 6.45) is 4.34. The summed E-state index contributed by atoms with van der Waals surface area (Å²) in [5.74, 6) is 0.476. The zero-order valence-corrected chi connectivity index (χ0v) is 15.8. The Morgan fingerprint density at radius 2 is 1.92 bits per heavy atom. The summed E-state index contributed by atoms with van der Waals surface area (Å²) in [6, 6.07) is 0.0811. The maximum atomic E-state index is 11.4. The number of hydrogen-bond donors (Lipinski definition) is 1. The molecule has 0 spiro atoms. The molecule has 7 nitrogen and oxygen atoms in total. The summed E-state index contributed by atoms with van der Waals surface area (Å²) in [4.78, 5) is 22.3. The van der Waals surface area contributed by atoms with Crippen LogP contribution in [0.15, 0.2) is 12.4 Å². The summed E-state index contributed by atoms with van der Waals surface area (Å²) in [5.41, 5.74) is 0.0201. The molecule has 1 aromatic rings. The molecule has 0 bridgehead atoms. The van der Waals surface area contributed by atoms with Crippen LogP contribution in [0.4, 0.5) is 5.95 Å². The van der Waals surface area contributed by atoms with Crippen molar-refractivity contribution >= 4 is 36.0 Å². The summed E-state index contributed by atoms with van der Waals surface area (Å²) in [5, 5.41) is 2.89. The van der Waals surface area contributed by atoms with Gasteiger partial charge in [-0.2, -0.15) is 0 Å². The van der Waals surface area contributed by atoms with Crippen molar-refractivity contribution in [1.29, 1.82) is 0 Å². The van der Waals surface area contributed by atoms with Crippen molar-refractivity contribution in [3.63, 3.8) is 0 Å². The molecule has 1 N–H and O–H groups in total. The summed E-state index contributed by atoms with van der Waals surface area (Å²) >= 11 is 5.53. The zero-order chi connectivity index (χ0) is 18.2. The van der Waals surface area contributed by atoms with E-state index >= 15 is 0 Å². The van der Waals surface area contributed by atoms with E-state index in [4.69, 9.17) is 20.9 Å². The molecular formula is C16H24BClN4O3. The number of halogens is 1. The fraction of sp³-hybridized carbons (Fsp3) is 0.688. The van der Waals surface area contributed by atoms with E-state index in [0.29, 0.717) is 12.5 Å². The van der Waals surface area contributed by atoms with Crippen LogP contribution in [-0.2, 0) is 14.1 Å². The van der Waals surface area contributed by atoms with Crippen LogP contribution in [0.3, 0.4) is 0 Å². The van der Waals surface area contributed by atoms with E-state index in [1.165, 1.54) is 0 Å². The molecule has 2 fully saturated rings. The van der Waals surface area contributed by atoms with Gasteiger partial charge in [0.2, 0.25) is 11.9 Å². The van der Waals surface area contributed by atoms with Gasteiger partial charge in [0.25, 0.3) is 0 Å². The average molecular weight is 367 g/mol. The first-order valence-electron chi connectivity index (χ1n) is 8.50. The molecular weight excluding hydrogens is 342 g/mol. The Bertz CT molecular complexity index is 625. The number of nitrogens with one attached hydrogen (secondary N) is 1. The molecule has 0 unspecified atom stereocenters. The highest BCUT2D eigenvalue weighted by Gasteiger charge is 2.52. The minimum absolute atomic E-state index is 0.0181. The average Bonchev–Trinajstić information content (AvgIpc) is 3.10. The number of aromatic nitrogens is 2. The third kappa shape index (κ3) is 3.76. The maximum absolute atomic E-state index is 11.4. The lowest BCUT2D eigenvalue weighted by molar-refractivity contribution is -0.119. The van der Waals surface area contributed by atoms with Crippen molar-refractivity contribution in [2.24, 2.45) is 0 Å². The number of rotatable bonds is 4. The normalized spacial score (nSPS) is 24.6. The summed E-state index contributed by atoms with van der Waals surface area (Å²) < 4.78 is 12.0. The van der Waals surface area contributed by atoms with Gasteiger partial charge in [0.05, 0.1) is 11.2 Å². The molecule has 9 heteroatoms. The number of anilines is 1. The van der Waals surface area contributed by atoms with Crippen molar-refractivity contribution in [2.45, 2.75) is 51.4 Å². The van der Waals surface area contributed by atoms with Crippen molar-refractivity contribution in [3.8, 4) is 0 Å². The first-order valence-corrected chi connectivity index (χ1v) is 9.03. The van der Waals surface area contributed by atoms with Gasteiger partial charge in [0.1, 0.15) is 5.88 Å². The lowest BCUT2D eigenvalue weighted by atomic mass is 9.81. The molecule has 25 heavy (non-hydrogen) atoms. The highest BCUT2D eigenvalue weighted by Crippen LogP contribution is 2.36. The van der Waals surface area contributed by atoms with Gasteiger partial charge in [-0.25, -0.2) is 9.97 Å². The third-order valence-electron chi connectivity index (χ3n) is 5.14. The molecule has 0 aliphatic carbocycles. The molecule has 1 aromatic heterocycles. The van der Waals surface area contributed by atoms with Crippen molar-refractivity contribution in [3.05, 3.63) is 12.4 Å². The van der Waals surface area contributed by atoms with Gasteiger partial charge in [-0.3, -0.25) is 4.79 Å². The predicted molar refractivity (Wildman–Crippen MR) is 97.2 cm³/mol. The van der Waals surface area contributed by atoms with Crippen molar-refractivity contribution in [1.82, 2.24) is 15.3 Å². The topological polar surface area (TPSA) is 76.6 Å². The van der Waals surface area contributed by atoms with Gasteiger partial charge in [0.15, 0.2) is 0 Å². The van der Waals surface area contributed by atoms with E-state index in [1.807, 2.05) is 32.6 Å². The van der Waals surface area contributed by atoms with E-state index < -0.39 is 7.12 Å². The Morgan fingerprint density at radius 3 is 2.48 bits per heavy atom. The lowest BCUT2D eigenvalue weighted by Gasteiger charge is -2.32. The third-order valence-corrected chi connectivity index (χ3v) is 5.38. The van der Waals surface area contributed by atoms with E-state index in [1.54, 1.807) is 12.4 Å². The molecule has 2 aliphatic heterocycles. The Hall–Kier alpha value is -1.38. The fourth-order valence-corrected chi connectivity index (χ4v) is 3.00. The Labute approximate surface area is 153 Å². The summed E-state index contributed by atoms with van der Waals surface area (Å²) in [6.45, 7) is 9.54. The van der Waals surface area contributed by atoms with Gasteiger partial charge >= 0.3 is 7.12 Å². The van der Waals surface area contributed by atoms with Gasteiger partial charge < -0.3 is 19.5 Å². The van der Waals surface area contributed by atoms with Crippen LogP contribution in [0.5, 0.6) is 0 Å². The largest absolute Gasteiger partial charge is 0.498 e. The maximum Gasteiger partial charge on any atom is 0.498 e. The second-order valence-electron chi connectivity index (χ2n) is 7.54. The number of alkyl halides is 1. The van der Waals surface area contributed by atoms with E-state index in [0.717, 1.165) is 18.4 Å². The van der Waals surface area contributed by atoms with Crippen LogP contribution in [0, 0.1) is 0 Å². The van der Waals surface area contributed by atoms with Gasteiger partial charge in [0, 0.05) is 37.0 Å². The molecule has 136 valence electrons. The monoisotopic (exact) mass is 366 g/mol. The van der Waals surface area contributed by atoms with Crippen LogP contribution < -0.4 is 15.7 Å². The predicted octanol–water partition coefficient (Wildman–Crippen LogP) is 0.710. The Kier molecular flexibility index (Phi) is 4.96. The number of hydrogen-bond acceptors (Lipinski definition) is 6. The minimum Gasteiger partial charge on any atom is -0.399 e. The fourth-order valence-electron chi connectivity index (χ4n) is 2.92. The molecule has 2 aliphatic rings. The van der Waals surface area contributed by atoms with E-state index in [9.17, 15) is 4.79 Å². The quantitative estimate of drug-likeness (QED) is 0.625. The molecule has 0 saturated carbocycles. The second-order valence-corrected chi connectivity index (χ2v) is 7.80. The number of carbonyl (C=O) groups is 1. The summed E-state index contributed by atoms with van der Waals surface area (Å²) in [7, 11) is -0.464. The molecule has 3 rings (SSSR count). The molecule has 0 radical (unpaired) electrons. The molecule has 3 heterocycles. The van der Waals surface area contributed by atoms with Gasteiger partial charge in [-0.15, -0.1) is 11.6 Å². The SMILES string of the molecule is CC1(C)OB(c2cnc(N3CC[C@H](NC(=O)CCl)C3)nc2)OC1(C)C. The van der Waals surface area contributed by atoms with E-state index in [2.05, 4.69) is 15.3 Å². The Morgan fingerprint density at radius 1 is 1.32 bits per heavy atom. The minimum atomic E-state index is -0.464. The number of carbonyl (C=O) groups excluding carboxylic acids is 1. The van der Waals surface area contributed by atoms with Crippen LogP contribution in [0.2, 0.25) is 0 Å². The lowest BCUT2D eigenvalue weighted by Crippen LogP contribution is -2.41. The molecule has 1 atom stereocenters. The van der Waals surface area contributed by atoms with Crippen LogP contribution in [-0.4, -0.2) is 59.2 Å². The number of nitrogens with zero attached hydrogens (tertiary/aromatic N) is 3. The second kappa shape index (κ2) is 6.74. The highest BCUT2D eigenvalue weighted by atomic mass is 35.5. The zero-order valence-electron chi connectivity index (χ0n) is 15.1. The standard InChI is InChI=1S/C16H24BClN4O3/c1-15(2)16(3,4)25-17(24-15)11-8-19-14(20-9-11)22-6-5-12(10-22)21-13(23)7-18/h8-9,12H,5-7,10H2,1-4H3,(H,21,23)/t12-/m0/s1. The van der Waals surface area contributed by atoms with Crippen LogP contribution in [0.25, 0.3) is 0 Å². The van der Waals surface area contributed by atoms with Crippen LogP contribution in [0.1, 0.15) is 34.1 Å². The highest BCUT2D eigenvalue weighted by molar-refractivity contribution is 6.61. The molecule has 0 aromatic carbocycles. The Balaban J connectivity index is 1.63. The van der Waals surface area contributed by atoms with Crippen LogP contribution >= 0.6 is 11.6 Å². The van der Waals surface area contributed by atoms with Gasteiger partial charge in [-0.05, 0) is 34.1 Å². The first-order chi connectivity index (χ1) is 11.7. The van der Waals surface area contributed by atoms with Crippen molar-refractivity contribution in [2.75, 3.05) is 23.9 Å². The molecule has 2 saturated heterocycles. The van der Waals surface area contributed by atoms with Gasteiger partial charge in [-0.1, -0.05) is 0 Å². The van der Waals surface area contributed by atoms with Crippen molar-refractivity contribution < 1.29 is 14.1 Å². The van der Waals surface area contributed by atoms with E-state index in [-0.39, 0.29) is 29.0 Å². The number of amides is 1. The molecule has 1 amide bonds. The first kappa shape index (κ1) is 18.4.